The third kappa shape index (κ3) is 15.2. The van der Waals surface area contributed by atoms with Gasteiger partial charge in [0.25, 0.3) is 0 Å². The van der Waals surface area contributed by atoms with Gasteiger partial charge in [-0.15, -0.1) is 82.3 Å². The number of rotatable bonds is 26. The summed E-state index contributed by atoms with van der Waals surface area (Å²) in [5.74, 6) is 5.18. The van der Waals surface area contributed by atoms with Crippen LogP contribution in [0, 0.1) is 17.3 Å². The summed E-state index contributed by atoms with van der Waals surface area (Å²) in [6, 6.07) is 0. The molecule has 1 saturated carbocycles. The second-order valence-corrected chi connectivity index (χ2v) is 28.6. The van der Waals surface area contributed by atoms with Gasteiger partial charge >= 0.3 is 0 Å². The fraction of sp³-hybridized carbons (Fsp3) is 1.00. The van der Waals surface area contributed by atoms with E-state index < -0.39 is 0 Å². The molecule has 46 heavy (non-hydrogen) atoms. The van der Waals surface area contributed by atoms with Gasteiger partial charge in [0.15, 0.2) is 0 Å². The van der Waals surface area contributed by atoms with Crippen LogP contribution in [-0.2, 0) is 0 Å². The highest BCUT2D eigenvalue weighted by atomic mass is 32.3. The lowest BCUT2D eigenvalue weighted by atomic mass is 10.00. The van der Waals surface area contributed by atoms with Crippen LogP contribution in [-0.4, -0.2) is 49.3 Å². The number of hydrogen-bond donors (Lipinski definition) is 0. The average Bonchev–Trinajstić information content (AvgIpc) is 2.94. The molecule has 1 rings (SSSR count). The molecular formula is C39H78S7. The van der Waals surface area contributed by atoms with Gasteiger partial charge in [-0.2, -0.15) is 0 Å². The molecule has 0 amide bonds. The van der Waals surface area contributed by atoms with E-state index >= 15 is 0 Å². The van der Waals surface area contributed by atoms with Gasteiger partial charge in [-0.1, -0.05) is 122 Å². The quantitative estimate of drug-likeness (QED) is 0.0626. The van der Waals surface area contributed by atoms with Crippen molar-refractivity contribution in [2.75, 3.05) is 17.3 Å². The molecule has 0 aromatic heterocycles. The molecule has 0 spiro atoms. The normalized spacial score (nSPS) is 20.9. The van der Waals surface area contributed by atoms with Crippen molar-refractivity contribution in [3.8, 4) is 0 Å². The molecule has 0 bridgehead atoms. The predicted molar refractivity (Wildman–Crippen MR) is 235 cm³/mol. The summed E-state index contributed by atoms with van der Waals surface area (Å²) >= 11 is 16.6. The van der Waals surface area contributed by atoms with Crippen LogP contribution in [0.15, 0.2) is 0 Å². The average molecular weight is 772 g/mol. The molecule has 0 aromatic carbocycles. The topological polar surface area (TPSA) is 0 Å². The van der Waals surface area contributed by atoms with Crippen LogP contribution in [0.25, 0.3) is 0 Å². The van der Waals surface area contributed by atoms with Gasteiger partial charge in [-0.05, 0) is 86.9 Å². The highest BCUT2D eigenvalue weighted by molar-refractivity contribution is 8.35. The Hall–Kier alpha value is 2.45. The second-order valence-electron chi connectivity index (χ2n) is 16.5. The van der Waals surface area contributed by atoms with Gasteiger partial charge in [0, 0.05) is 15.2 Å². The van der Waals surface area contributed by atoms with E-state index in [0.717, 1.165) is 11.2 Å². The molecule has 1 aliphatic carbocycles. The minimum absolute atomic E-state index is 0.0250. The molecule has 0 radical (unpaired) electrons. The lowest BCUT2D eigenvalue weighted by molar-refractivity contribution is 0.477. The summed E-state index contributed by atoms with van der Waals surface area (Å²) in [5, 5.41) is 1.51. The van der Waals surface area contributed by atoms with Crippen molar-refractivity contribution < 1.29 is 0 Å². The molecule has 0 nitrogen and oxygen atoms in total. The Morgan fingerprint density at radius 3 is 1.83 bits per heavy atom. The lowest BCUT2D eigenvalue weighted by Crippen LogP contribution is -2.58. The van der Waals surface area contributed by atoms with E-state index in [1.54, 1.807) is 0 Å². The number of unbranched alkanes of at least 4 members (excludes halogenated alkanes) is 2. The first-order chi connectivity index (χ1) is 21.3. The Kier molecular flexibility index (Phi) is 22.1. The van der Waals surface area contributed by atoms with Crippen LogP contribution in [0.4, 0.5) is 0 Å². The van der Waals surface area contributed by atoms with Crippen molar-refractivity contribution in [1.29, 1.82) is 0 Å². The molecule has 0 N–H and O–H groups in total. The molecule has 276 valence electrons. The Labute approximate surface area is 320 Å². The van der Waals surface area contributed by atoms with Crippen LogP contribution in [0.1, 0.15) is 174 Å². The van der Waals surface area contributed by atoms with Crippen molar-refractivity contribution in [3.63, 3.8) is 0 Å². The third-order valence-electron chi connectivity index (χ3n) is 9.47. The molecule has 0 aromatic rings. The first-order valence-electron chi connectivity index (χ1n) is 19.0. The van der Waals surface area contributed by atoms with Crippen LogP contribution < -0.4 is 0 Å². The largest absolute Gasteiger partial charge is 0.144 e. The molecular weight excluding hydrogens is 693 g/mol. The van der Waals surface area contributed by atoms with E-state index in [0.29, 0.717) is 15.7 Å². The Morgan fingerprint density at radius 2 is 1.35 bits per heavy atom. The van der Waals surface area contributed by atoms with Crippen LogP contribution >= 0.6 is 82.3 Å². The minimum atomic E-state index is 0.0250. The summed E-state index contributed by atoms with van der Waals surface area (Å²) in [4.78, 5) is 0. The molecule has 7 heteroatoms. The molecule has 1 fully saturated rings. The first-order valence-corrected chi connectivity index (χ1v) is 25.4. The van der Waals surface area contributed by atoms with E-state index in [1.165, 1.54) is 87.9 Å². The van der Waals surface area contributed by atoms with Crippen LogP contribution in [0.5, 0.6) is 0 Å². The van der Waals surface area contributed by atoms with Crippen molar-refractivity contribution in [2.45, 2.75) is 207 Å². The fourth-order valence-electron chi connectivity index (χ4n) is 5.30. The second kappa shape index (κ2) is 21.9. The maximum atomic E-state index is 2.78. The van der Waals surface area contributed by atoms with E-state index in [2.05, 4.69) is 186 Å². The Balaban J connectivity index is 4.06. The van der Waals surface area contributed by atoms with Crippen molar-refractivity contribution in [1.82, 2.24) is 0 Å². The number of thioether (sulfide) groups is 7. The van der Waals surface area contributed by atoms with Gasteiger partial charge in [0.05, 0.1) is 13.4 Å². The summed E-state index contributed by atoms with van der Waals surface area (Å²) < 4.78 is 0.975. The Morgan fingerprint density at radius 1 is 0.717 bits per heavy atom. The molecule has 0 aliphatic heterocycles. The third-order valence-corrected chi connectivity index (χ3v) is 24.3. The minimum Gasteiger partial charge on any atom is -0.144 e. The van der Waals surface area contributed by atoms with Gasteiger partial charge in [0.1, 0.15) is 3.41 Å². The highest BCUT2D eigenvalue weighted by Crippen LogP contribution is 2.71. The summed E-state index contributed by atoms with van der Waals surface area (Å²) in [5.41, 5.74) is 0.287. The smallest absolute Gasteiger partial charge is 0.123 e. The Bertz CT molecular complexity index is 807. The van der Waals surface area contributed by atoms with E-state index in [4.69, 9.17) is 0 Å². The van der Waals surface area contributed by atoms with Gasteiger partial charge in [0.2, 0.25) is 0 Å². The summed E-state index contributed by atoms with van der Waals surface area (Å²) in [7, 11) is 0. The van der Waals surface area contributed by atoms with Crippen LogP contribution in [0.2, 0.25) is 0 Å². The maximum Gasteiger partial charge on any atom is 0.123 e. The standard InChI is InChI=1S/C39H78S7/c1-16-20-21-27-40-39(41-28-26-30(5)6,44-32(8)23-17-2)37(14,46-36(12,13)19-4)38(15,42-29-35(9,10)11)45-34(31(7)18-3)43-33-24-22-25-33/h30-34H,16-29H2,1-15H3. The van der Waals surface area contributed by atoms with E-state index in [1.807, 2.05) is 0 Å². The van der Waals surface area contributed by atoms with Gasteiger partial charge in [-0.25, -0.2) is 0 Å². The zero-order chi connectivity index (χ0) is 35.2. The maximum absolute atomic E-state index is 2.78. The monoisotopic (exact) mass is 770 g/mol. The van der Waals surface area contributed by atoms with Gasteiger partial charge in [-0.3, -0.25) is 0 Å². The summed E-state index contributed by atoms with van der Waals surface area (Å²) in [6.07, 6.45) is 14.6. The van der Waals surface area contributed by atoms with E-state index in [-0.39, 0.29) is 22.4 Å². The molecule has 1 aliphatic rings. The summed E-state index contributed by atoms with van der Waals surface area (Å²) in [6.45, 7) is 37.6. The molecule has 6 atom stereocenters. The SMILES string of the molecule is CCCCCSC(SCCC(C)C)(SC(C)CCC)C(C)(SC(C)(C)CC)C(C)(SCC(C)(C)C)SC(SC1CCC1)C(C)CC. The van der Waals surface area contributed by atoms with Crippen molar-refractivity contribution in [2.24, 2.45) is 17.3 Å². The van der Waals surface area contributed by atoms with Crippen molar-refractivity contribution in [3.05, 3.63) is 0 Å². The molecule has 6 unspecified atom stereocenters. The number of hydrogen-bond acceptors (Lipinski definition) is 7. The zero-order valence-electron chi connectivity index (χ0n) is 33.1. The lowest BCUT2D eigenvalue weighted by Gasteiger charge is -2.59. The van der Waals surface area contributed by atoms with Crippen LogP contribution in [0.3, 0.4) is 0 Å². The molecule has 0 saturated heterocycles. The fourth-order valence-corrected chi connectivity index (χ4v) is 21.3. The van der Waals surface area contributed by atoms with E-state index in [9.17, 15) is 0 Å². The highest BCUT2D eigenvalue weighted by Gasteiger charge is 2.63. The first kappa shape index (κ1) is 46.5. The van der Waals surface area contributed by atoms with Crippen molar-refractivity contribution >= 4 is 82.3 Å². The van der Waals surface area contributed by atoms with Gasteiger partial charge < -0.3 is 0 Å². The predicted octanol–water partition coefficient (Wildman–Crippen LogP) is 15.8. The molecule has 0 heterocycles. The zero-order valence-corrected chi connectivity index (χ0v) is 38.9.